The molecule has 4 aromatic carbocycles. The number of benzene rings is 4. The summed E-state index contributed by atoms with van der Waals surface area (Å²) in [5.74, 6) is 2.00. The van der Waals surface area contributed by atoms with E-state index in [-0.39, 0.29) is 99.4 Å². The SMILES string of the molecule is CCC(=O)c1ccc(CN(Cc2ccc3c(c2)OCO3)C(=O)CC2CN(C)CCN2C)c([N+](=O)[O-])c1.CCC(=O)c1ccc(CN(Cc2ccc3c(c2)OCO3)C(=O)CC2CN(C)CCN2C)c([N+](=O)[O-])c1. The number of likely N-dealkylation sites (N-methyl/N-ethyl adjacent to an activating group) is 4. The number of Topliss-reactive ketones (excluding diaryl/α,β-unsaturated/α-hetero) is 2. The van der Waals surface area contributed by atoms with Gasteiger partial charge in [-0.1, -0.05) is 38.1 Å². The van der Waals surface area contributed by atoms with Gasteiger partial charge in [0.25, 0.3) is 11.4 Å². The number of piperazine rings is 2. The summed E-state index contributed by atoms with van der Waals surface area (Å²) in [6, 6.07) is 20.1. The van der Waals surface area contributed by atoms with Crippen molar-refractivity contribution in [3.63, 3.8) is 0 Å². The minimum Gasteiger partial charge on any atom is -0.454 e. The van der Waals surface area contributed by atoms with Crippen LogP contribution < -0.4 is 18.9 Å². The van der Waals surface area contributed by atoms with E-state index in [1.54, 1.807) is 60.0 Å². The molecule has 20 nitrogen and oxygen atoms in total. The second-order valence-corrected chi connectivity index (χ2v) is 18.8. The highest BCUT2D eigenvalue weighted by Gasteiger charge is 2.31. The Hall–Kier alpha value is -7.00. The van der Waals surface area contributed by atoms with Crippen LogP contribution in [0.5, 0.6) is 23.0 Å². The Kier molecular flexibility index (Phi) is 17.6. The van der Waals surface area contributed by atoms with E-state index in [0.29, 0.717) is 58.1 Å². The van der Waals surface area contributed by atoms with Crippen LogP contribution in [0.2, 0.25) is 0 Å². The maximum Gasteiger partial charge on any atom is 0.275 e. The fourth-order valence-electron chi connectivity index (χ4n) is 9.19. The summed E-state index contributed by atoms with van der Waals surface area (Å²) in [4.78, 5) is 86.3. The number of nitro groups is 2. The van der Waals surface area contributed by atoms with Crippen molar-refractivity contribution in [2.45, 2.75) is 77.8 Å². The first kappa shape index (κ1) is 52.8. The molecule has 4 aromatic rings. The monoisotopic (exact) mass is 992 g/mol. The predicted molar refractivity (Wildman–Crippen MR) is 266 cm³/mol. The molecule has 2 fully saturated rings. The maximum absolute atomic E-state index is 13.6. The topological polar surface area (TPSA) is 211 Å². The lowest BCUT2D eigenvalue weighted by atomic mass is 10.0. The van der Waals surface area contributed by atoms with Crippen LogP contribution in [0.4, 0.5) is 11.4 Å². The number of carbonyl (C=O) groups is 4. The van der Waals surface area contributed by atoms with E-state index in [9.17, 15) is 39.4 Å². The van der Waals surface area contributed by atoms with Gasteiger partial charge in [0.05, 0.1) is 22.9 Å². The first-order valence-electron chi connectivity index (χ1n) is 24.2. The number of nitrogens with zero attached hydrogens (tertiary/aromatic N) is 8. The molecular weight excluding hydrogens is 929 g/mol. The number of hydrogen-bond donors (Lipinski definition) is 0. The lowest BCUT2D eigenvalue weighted by molar-refractivity contribution is -0.385. The molecule has 20 heteroatoms. The Labute approximate surface area is 419 Å². The van der Waals surface area contributed by atoms with Crippen LogP contribution in [0.1, 0.15) is 82.5 Å². The molecule has 2 saturated heterocycles. The van der Waals surface area contributed by atoms with Gasteiger partial charge in [-0.2, -0.15) is 0 Å². The highest BCUT2D eigenvalue weighted by molar-refractivity contribution is 5.97. The summed E-state index contributed by atoms with van der Waals surface area (Å²) in [6.07, 6.45) is 1.11. The zero-order chi connectivity index (χ0) is 51.6. The molecule has 2 unspecified atom stereocenters. The van der Waals surface area contributed by atoms with E-state index < -0.39 is 9.85 Å². The van der Waals surface area contributed by atoms with Crippen molar-refractivity contribution in [1.82, 2.24) is 29.4 Å². The van der Waals surface area contributed by atoms with Gasteiger partial charge in [0.2, 0.25) is 25.4 Å². The lowest BCUT2D eigenvalue weighted by Gasteiger charge is -2.38. The van der Waals surface area contributed by atoms with Crippen molar-refractivity contribution in [3.05, 3.63) is 126 Å². The van der Waals surface area contributed by atoms with Crippen LogP contribution in [0.3, 0.4) is 0 Å². The van der Waals surface area contributed by atoms with E-state index in [1.165, 1.54) is 12.1 Å². The van der Waals surface area contributed by atoms with E-state index in [1.807, 2.05) is 52.5 Å². The molecular formula is C52H64N8O12. The van der Waals surface area contributed by atoms with Crippen LogP contribution in [-0.2, 0) is 35.8 Å². The van der Waals surface area contributed by atoms with Gasteiger partial charge in [-0.05, 0) is 75.7 Å². The number of ether oxygens (including phenoxy) is 4. The van der Waals surface area contributed by atoms with Gasteiger partial charge in [0.15, 0.2) is 34.6 Å². The molecule has 4 aliphatic rings. The van der Waals surface area contributed by atoms with Crippen LogP contribution in [0, 0.1) is 20.2 Å². The van der Waals surface area contributed by atoms with E-state index in [4.69, 9.17) is 18.9 Å². The van der Waals surface area contributed by atoms with Crippen molar-refractivity contribution in [2.75, 3.05) is 81.0 Å². The number of fused-ring (bicyclic) bond motifs is 2. The van der Waals surface area contributed by atoms with Crippen molar-refractivity contribution >= 4 is 34.8 Å². The van der Waals surface area contributed by atoms with Crippen LogP contribution >= 0.6 is 0 Å². The largest absolute Gasteiger partial charge is 0.454 e. The van der Waals surface area contributed by atoms with Gasteiger partial charge in [0.1, 0.15) is 0 Å². The average Bonchev–Trinajstić information content (AvgIpc) is 4.05. The molecule has 8 rings (SSSR count). The molecule has 72 heavy (non-hydrogen) atoms. The van der Waals surface area contributed by atoms with Crippen molar-refractivity contribution in [2.24, 2.45) is 0 Å². The third-order valence-corrected chi connectivity index (χ3v) is 13.7. The highest BCUT2D eigenvalue weighted by atomic mass is 16.7. The first-order valence-corrected chi connectivity index (χ1v) is 24.2. The number of carbonyl (C=O) groups excluding carboxylic acids is 4. The molecule has 0 aromatic heterocycles. The second kappa shape index (κ2) is 23.9. The number of hydrogen-bond acceptors (Lipinski definition) is 16. The molecule has 0 radical (unpaired) electrons. The number of nitro benzene ring substituents is 2. The highest BCUT2D eigenvalue weighted by Crippen LogP contribution is 2.35. The van der Waals surface area contributed by atoms with Crippen molar-refractivity contribution in [3.8, 4) is 23.0 Å². The van der Waals surface area contributed by atoms with Crippen molar-refractivity contribution < 1.29 is 48.0 Å². The standard InChI is InChI=1S/2C26H32N4O6/c2*1-4-23(31)19-6-7-20(22(12-19)30(33)34)15-29(14-18-5-8-24-25(11-18)36-17-35-24)26(32)13-21-16-27(2)9-10-28(21)3/h2*5-8,11-12,21H,4,9-10,13-17H2,1-3H3. The number of amides is 2. The minimum absolute atomic E-state index is 0.0510. The maximum atomic E-state index is 13.6. The van der Waals surface area contributed by atoms with Gasteiger partial charge in [-0.15, -0.1) is 0 Å². The smallest absolute Gasteiger partial charge is 0.275 e. The molecule has 4 heterocycles. The molecule has 384 valence electrons. The van der Waals surface area contributed by atoms with E-state index in [0.717, 1.165) is 50.4 Å². The average molecular weight is 993 g/mol. The third kappa shape index (κ3) is 13.3. The normalized spacial score (nSPS) is 17.7. The summed E-state index contributed by atoms with van der Waals surface area (Å²) in [7, 11) is 8.11. The first-order chi connectivity index (χ1) is 34.5. The summed E-state index contributed by atoms with van der Waals surface area (Å²) >= 11 is 0. The fraction of sp³-hybridized carbons (Fsp3) is 0.462. The molecule has 2 atom stereocenters. The second-order valence-electron chi connectivity index (χ2n) is 18.8. The molecule has 2 amide bonds. The predicted octanol–water partition coefficient (Wildman–Crippen LogP) is 6.16. The van der Waals surface area contributed by atoms with Crippen LogP contribution in [0.25, 0.3) is 0 Å². The van der Waals surface area contributed by atoms with Gasteiger partial charge in [-0.3, -0.25) is 39.4 Å². The van der Waals surface area contributed by atoms with E-state index >= 15 is 0 Å². The van der Waals surface area contributed by atoms with Gasteiger partial charge < -0.3 is 48.3 Å². The number of ketones is 2. The lowest BCUT2D eigenvalue weighted by Crippen LogP contribution is -2.51. The molecule has 0 bridgehead atoms. The van der Waals surface area contributed by atoms with E-state index in [2.05, 4.69) is 19.6 Å². The fourth-order valence-corrected chi connectivity index (χ4v) is 9.19. The quantitative estimate of drug-likeness (QED) is 0.0621. The Balaban J connectivity index is 0.000000211. The zero-order valence-electron chi connectivity index (χ0n) is 41.9. The Morgan fingerprint density at radius 3 is 1.31 bits per heavy atom. The molecule has 0 spiro atoms. The van der Waals surface area contributed by atoms with Crippen LogP contribution in [-0.4, -0.2) is 156 Å². The summed E-state index contributed by atoms with van der Waals surface area (Å²) in [5.41, 5.74) is 2.72. The molecule has 4 aliphatic heterocycles. The van der Waals surface area contributed by atoms with Crippen LogP contribution in [0.15, 0.2) is 72.8 Å². The molecule has 0 aliphatic carbocycles. The van der Waals surface area contributed by atoms with Gasteiger partial charge in [-0.25, -0.2) is 0 Å². The summed E-state index contributed by atoms with van der Waals surface area (Å²) in [6.45, 7) is 9.52. The number of rotatable bonds is 18. The summed E-state index contributed by atoms with van der Waals surface area (Å²) in [5, 5.41) is 23.7. The van der Waals surface area contributed by atoms with Gasteiger partial charge in [0, 0.05) is 125 Å². The Bertz CT molecular complexity index is 2490. The minimum atomic E-state index is -0.491. The Morgan fingerprint density at radius 2 is 0.931 bits per heavy atom. The van der Waals surface area contributed by atoms with Crippen molar-refractivity contribution in [1.29, 1.82) is 0 Å². The van der Waals surface area contributed by atoms with Gasteiger partial charge >= 0.3 is 0 Å². The molecule has 0 saturated carbocycles. The zero-order valence-corrected chi connectivity index (χ0v) is 41.9. The Morgan fingerprint density at radius 1 is 0.542 bits per heavy atom. The summed E-state index contributed by atoms with van der Waals surface area (Å²) < 4.78 is 21.7. The third-order valence-electron chi connectivity index (χ3n) is 13.7. The molecule has 0 N–H and O–H groups in total.